The lowest BCUT2D eigenvalue weighted by atomic mass is 9.95. The third-order valence-corrected chi connectivity index (χ3v) is 6.66. The minimum atomic E-state index is 0.0680. The third-order valence-electron chi connectivity index (χ3n) is 4.84. The van der Waals surface area contributed by atoms with Crippen molar-refractivity contribution < 1.29 is 4.79 Å². The van der Waals surface area contributed by atoms with Crippen LogP contribution in [-0.2, 0) is 4.79 Å². The molecule has 6 heteroatoms. The second kappa shape index (κ2) is 6.92. The number of rotatable bonds is 2. The summed E-state index contributed by atoms with van der Waals surface area (Å²) < 4.78 is 3.14. The topological polar surface area (TPSA) is 46.9 Å². The van der Waals surface area contributed by atoms with Gasteiger partial charge in [0, 0.05) is 10.0 Å². The van der Waals surface area contributed by atoms with Gasteiger partial charge in [-0.3, -0.25) is 4.79 Å². The predicted molar refractivity (Wildman–Crippen MR) is 101 cm³/mol. The molecule has 4 nitrogen and oxygen atoms in total. The van der Waals surface area contributed by atoms with Crippen LogP contribution in [0, 0.1) is 0 Å². The zero-order chi connectivity index (χ0) is 16.5. The molecule has 2 aromatic rings. The number of halogens is 1. The summed E-state index contributed by atoms with van der Waals surface area (Å²) in [6.07, 6.45) is 8.06. The molecule has 1 saturated carbocycles. The van der Waals surface area contributed by atoms with E-state index in [1.165, 1.54) is 24.8 Å². The number of hydrogen-bond acceptors (Lipinski definition) is 3. The van der Waals surface area contributed by atoms with Crippen molar-refractivity contribution in [3.05, 3.63) is 46.1 Å². The fraction of sp³-hybridized carbons (Fsp3) is 0.444. The number of carbonyl (C=O) groups excluding carboxylic acids is 1. The Morgan fingerprint density at radius 3 is 2.67 bits per heavy atom. The van der Waals surface area contributed by atoms with E-state index in [0.717, 1.165) is 28.7 Å². The Hall–Kier alpha value is -1.27. The highest BCUT2D eigenvalue weighted by Gasteiger charge is 2.30. The summed E-state index contributed by atoms with van der Waals surface area (Å²) in [7, 11) is 0. The molecule has 24 heavy (non-hydrogen) atoms. The van der Waals surface area contributed by atoms with Gasteiger partial charge in [0.15, 0.2) is 0 Å². The van der Waals surface area contributed by atoms with Gasteiger partial charge in [-0.1, -0.05) is 47.3 Å². The molecule has 126 valence electrons. The smallest absolute Gasteiger partial charge is 0.235 e. The van der Waals surface area contributed by atoms with E-state index in [-0.39, 0.29) is 11.2 Å². The van der Waals surface area contributed by atoms with Gasteiger partial charge in [-0.2, -0.15) is 5.10 Å². The van der Waals surface area contributed by atoms with Crippen LogP contribution in [0.2, 0.25) is 0 Å². The summed E-state index contributed by atoms with van der Waals surface area (Å²) >= 11 is 5.17. The maximum absolute atomic E-state index is 12.2. The number of hydrogen-bond donors (Lipinski definition) is 1. The van der Waals surface area contributed by atoms with Gasteiger partial charge in [-0.15, -0.1) is 11.8 Å². The van der Waals surface area contributed by atoms with E-state index in [1.807, 2.05) is 6.20 Å². The number of nitrogens with one attached hydrogen (secondary N) is 1. The van der Waals surface area contributed by atoms with Crippen molar-refractivity contribution in [3.63, 3.8) is 0 Å². The van der Waals surface area contributed by atoms with E-state index in [4.69, 9.17) is 0 Å². The van der Waals surface area contributed by atoms with Crippen LogP contribution in [0.5, 0.6) is 0 Å². The van der Waals surface area contributed by atoms with Crippen LogP contribution in [0.25, 0.3) is 0 Å². The maximum atomic E-state index is 12.2. The van der Waals surface area contributed by atoms with Crippen LogP contribution in [0.15, 0.2) is 34.9 Å². The molecule has 0 spiro atoms. The van der Waals surface area contributed by atoms with Crippen molar-refractivity contribution in [3.8, 4) is 0 Å². The molecular formula is C18H20BrN3OS. The van der Waals surface area contributed by atoms with Crippen molar-refractivity contribution in [1.82, 2.24) is 9.78 Å². The fourth-order valence-electron chi connectivity index (χ4n) is 3.63. The molecule has 1 aliphatic carbocycles. The second-order valence-corrected chi connectivity index (χ2v) is 8.48. The molecule has 4 rings (SSSR count). The van der Waals surface area contributed by atoms with E-state index in [2.05, 4.69) is 55.3 Å². The first-order valence-electron chi connectivity index (χ1n) is 8.46. The summed E-state index contributed by atoms with van der Waals surface area (Å²) in [6, 6.07) is 8.78. The summed E-state index contributed by atoms with van der Waals surface area (Å²) in [4.78, 5) is 12.2. The predicted octanol–water partition coefficient (Wildman–Crippen LogP) is 4.93. The highest BCUT2D eigenvalue weighted by atomic mass is 79.9. The van der Waals surface area contributed by atoms with Gasteiger partial charge >= 0.3 is 0 Å². The molecule has 1 atom stereocenters. The standard InChI is InChI=1S/C18H20BrN3OS/c19-13-8-6-12(7-9-13)17-15-10-20-22(14-4-2-1-3-5-14)18(15)21-16(23)11-24-17/h6-10,14,17H,1-5,11H2,(H,21,23)/t17-/m0/s1. The molecule has 1 N–H and O–H groups in total. The van der Waals surface area contributed by atoms with E-state index in [0.29, 0.717) is 11.8 Å². The second-order valence-electron chi connectivity index (χ2n) is 6.48. The van der Waals surface area contributed by atoms with Gasteiger partial charge in [-0.05, 0) is 30.5 Å². The average Bonchev–Trinajstić information content (AvgIpc) is 2.93. The SMILES string of the molecule is O=C1CS[C@@H](c2ccc(Br)cc2)c2cnn(C3CCCCC3)c2N1. The van der Waals surface area contributed by atoms with Crippen LogP contribution in [0.3, 0.4) is 0 Å². The molecule has 0 bridgehead atoms. The lowest BCUT2D eigenvalue weighted by Crippen LogP contribution is -2.20. The number of anilines is 1. The molecule has 1 amide bonds. The highest BCUT2D eigenvalue weighted by molar-refractivity contribution is 9.10. The Balaban J connectivity index is 1.73. The number of aromatic nitrogens is 2. The van der Waals surface area contributed by atoms with Crippen LogP contribution < -0.4 is 5.32 Å². The van der Waals surface area contributed by atoms with E-state index >= 15 is 0 Å². The van der Waals surface area contributed by atoms with Gasteiger partial charge in [0.25, 0.3) is 0 Å². The first kappa shape index (κ1) is 16.2. The summed E-state index contributed by atoms with van der Waals surface area (Å²) in [5.74, 6) is 1.45. The quantitative estimate of drug-likeness (QED) is 0.770. The molecule has 1 fully saturated rings. The normalized spacial score (nSPS) is 21.9. The molecule has 2 heterocycles. The first-order chi connectivity index (χ1) is 11.7. The fourth-order valence-corrected chi connectivity index (χ4v) is 4.99. The Morgan fingerprint density at radius 1 is 1.17 bits per heavy atom. The number of fused-ring (bicyclic) bond motifs is 1. The molecule has 0 radical (unpaired) electrons. The number of thioether (sulfide) groups is 1. The summed E-state index contributed by atoms with van der Waals surface area (Å²) in [6.45, 7) is 0. The lowest BCUT2D eigenvalue weighted by Gasteiger charge is -2.24. The number of nitrogens with zero attached hydrogens (tertiary/aromatic N) is 2. The largest absolute Gasteiger partial charge is 0.310 e. The monoisotopic (exact) mass is 405 g/mol. The number of carbonyl (C=O) groups is 1. The first-order valence-corrected chi connectivity index (χ1v) is 10.3. The Bertz CT molecular complexity index is 737. The maximum Gasteiger partial charge on any atom is 0.235 e. The molecule has 1 aromatic heterocycles. The summed E-state index contributed by atoms with van der Waals surface area (Å²) in [5.41, 5.74) is 2.34. The minimum Gasteiger partial charge on any atom is -0.310 e. The minimum absolute atomic E-state index is 0.0680. The molecule has 1 aromatic carbocycles. The Kier molecular flexibility index (Phi) is 4.68. The molecule has 0 unspecified atom stereocenters. The zero-order valence-corrected chi connectivity index (χ0v) is 15.8. The van der Waals surface area contributed by atoms with Crippen LogP contribution in [0.4, 0.5) is 5.82 Å². The Labute approximate surface area is 154 Å². The van der Waals surface area contributed by atoms with Gasteiger partial charge in [-0.25, -0.2) is 4.68 Å². The summed E-state index contributed by atoms with van der Waals surface area (Å²) in [5, 5.41) is 7.92. The van der Waals surface area contributed by atoms with E-state index < -0.39 is 0 Å². The van der Waals surface area contributed by atoms with Crippen molar-refractivity contribution in [2.45, 2.75) is 43.4 Å². The van der Waals surface area contributed by atoms with E-state index in [1.54, 1.807) is 11.8 Å². The van der Waals surface area contributed by atoms with Gasteiger partial charge in [0.05, 0.1) is 23.2 Å². The molecule has 1 aliphatic heterocycles. The van der Waals surface area contributed by atoms with Crippen LogP contribution in [0.1, 0.15) is 54.5 Å². The number of benzene rings is 1. The van der Waals surface area contributed by atoms with Gasteiger partial charge < -0.3 is 5.32 Å². The third kappa shape index (κ3) is 3.14. The van der Waals surface area contributed by atoms with Crippen molar-refractivity contribution in [2.24, 2.45) is 0 Å². The molecular weight excluding hydrogens is 386 g/mol. The van der Waals surface area contributed by atoms with Gasteiger partial charge in [0.2, 0.25) is 5.91 Å². The van der Waals surface area contributed by atoms with Crippen LogP contribution >= 0.6 is 27.7 Å². The van der Waals surface area contributed by atoms with Gasteiger partial charge in [0.1, 0.15) is 5.82 Å². The lowest BCUT2D eigenvalue weighted by molar-refractivity contribution is -0.113. The van der Waals surface area contributed by atoms with E-state index in [9.17, 15) is 4.79 Å². The average molecular weight is 406 g/mol. The Morgan fingerprint density at radius 2 is 1.92 bits per heavy atom. The van der Waals surface area contributed by atoms with Crippen molar-refractivity contribution in [1.29, 1.82) is 0 Å². The molecule has 2 aliphatic rings. The van der Waals surface area contributed by atoms with Crippen molar-refractivity contribution >= 4 is 39.4 Å². The molecule has 0 saturated heterocycles. The number of amides is 1. The highest BCUT2D eigenvalue weighted by Crippen LogP contribution is 2.43. The zero-order valence-electron chi connectivity index (χ0n) is 13.4. The van der Waals surface area contributed by atoms with Crippen molar-refractivity contribution in [2.75, 3.05) is 11.1 Å². The van der Waals surface area contributed by atoms with Crippen LogP contribution in [-0.4, -0.2) is 21.4 Å².